The highest BCUT2D eigenvalue weighted by atomic mass is 35.5. The Bertz CT molecular complexity index is 840. The molecule has 0 unspecified atom stereocenters. The number of nitrogens with two attached hydrogens (primary N) is 1. The molecule has 28 heavy (non-hydrogen) atoms. The van der Waals surface area contributed by atoms with Crippen LogP contribution in [0.15, 0.2) is 48.5 Å². The highest BCUT2D eigenvalue weighted by molar-refractivity contribution is 6.08. The molecular formula is C22H26ClFN2O2. The number of benzene rings is 2. The van der Waals surface area contributed by atoms with E-state index in [2.05, 4.69) is 0 Å². The molecule has 0 bridgehead atoms. The zero-order chi connectivity index (χ0) is 19.0. The Hall–Kier alpha value is -1.95. The lowest BCUT2D eigenvalue weighted by atomic mass is 9.70. The van der Waals surface area contributed by atoms with Crippen LogP contribution in [0.3, 0.4) is 0 Å². The molecule has 0 saturated heterocycles. The molecule has 2 atom stereocenters. The van der Waals surface area contributed by atoms with Crippen LogP contribution in [0.5, 0.6) is 0 Å². The van der Waals surface area contributed by atoms with Crippen molar-refractivity contribution < 1.29 is 14.3 Å². The summed E-state index contributed by atoms with van der Waals surface area (Å²) in [5.74, 6) is -0.367. The minimum Gasteiger partial charge on any atom is -0.389 e. The van der Waals surface area contributed by atoms with Gasteiger partial charge in [0.25, 0.3) is 0 Å². The number of amides is 1. The number of hydrogen-bond acceptors (Lipinski definition) is 3. The van der Waals surface area contributed by atoms with Crippen LogP contribution in [-0.2, 0) is 10.2 Å². The number of fused-ring (bicyclic) bond motifs is 2. The fourth-order valence-corrected chi connectivity index (χ4v) is 4.79. The van der Waals surface area contributed by atoms with Gasteiger partial charge in [0, 0.05) is 12.2 Å². The molecular weight excluding hydrogens is 379 g/mol. The van der Waals surface area contributed by atoms with Crippen molar-refractivity contribution in [1.82, 2.24) is 0 Å². The Kier molecular flexibility index (Phi) is 6.08. The standard InChI is InChI=1S/C22H25FN2O2.ClH/c23-16-9-10-18-17(13-16)22(11-5-2-6-12-22)21(27)25(18)20(19(26)14-24)15-7-3-1-4-8-15;/h1,3-4,7-10,13,19-20,26H,2,5-6,11-12,14,24H2;1H/t19-,20+;/m1./s1. The van der Waals surface area contributed by atoms with E-state index >= 15 is 0 Å². The summed E-state index contributed by atoms with van der Waals surface area (Å²) in [7, 11) is 0. The van der Waals surface area contributed by atoms with Crippen LogP contribution in [0.4, 0.5) is 10.1 Å². The predicted molar refractivity (Wildman–Crippen MR) is 110 cm³/mol. The van der Waals surface area contributed by atoms with E-state index < -0.39 is 17.6 Å². The molecule has 2 aliphatic rings. The Morgan fingerprint density at radius 3 is 2.43 bits per heavy atom. The van der Waals surface area contributed by atoms with Gasteiger partial charge >= 0.3 is 0 Å². The van der Waals surface area contributed by atoms with Gasteiger partial charge in [0.15, 0.2) is 0 Å². The quantitative estimate of drug-likeness (QED) is 0.813. The number of aliphatic hydroxyl groups is 1. The fraction of sp³-hybridized carbons (Fsp3) is 0.409. The Balaban J connectivity index is 0.00000225. The van der Waals surface area contributed by atoms with Gasteiger partial charge in [0.2, 0.25) is 5.91 Å². The molecule has 2 aromatic carbocycles. The molecule has 1 aliphatic carbocycles. The van der Waals surface area contributed by atoms with Gasteiger partial charge < -0.3 is 15.7 Å². The van der Waals surface area contributed by atoms with Crippen LogP contribution in [0.1, 0.15) is 49.3 Å². The van der Waals surface area contributed by atoms with Crippen LogP contribution in [0.25, 0.3) is 0 Å². The summed E-state index contributed by atoms with van der Waals surface area (Å²) in [5, 5.41) is 10.7. The molecule has 6 heteroatoms. The summed E-state index contributed by atoms with van der Waals surface area (Å²) in [6, 6.07) is 13.4. The van der Waals surface area contributed by atoms with Crippen LogP contribution in [-0.4, -0.2) is 23.7 Å². The number of carbonyl (C=O) groups is 1. The molecule has 3 N–H and O–H groups in total. The minimum atomic E-state index is -0.909. The zero-order valence-corrected chi connectivity index (χ0v) is 16.5. The van der Waals surface area contributed by atoms with Gasteiger partial charge in [0.1, 0.15) is 5.82 Å². The van der Waals surface area contributed by atoms with Gasteiger partial charge in [0.05, 0.1) is 17.6 Å². The van der Waals surface area contributed by atoms with E-state index in [0.717, 1.165) is 43.2 Å². The smallest absolute Gasteiger partial charge is 0.238 e. The summed E-state index contributed by atoms with van der Waals surface area (Å²) in [5.41, 5.74) is 7.39. The molecule has 1 aliphatic heterocycles. The largest absolute Gasteiger partial charge is 0.389 e. The molecule has 0 radical (unpaired) electrons. The Morgan fingerprint density at radius 1 is 1.11 bits per heavy atom. The van der Waals surface area contributed by atoms with E-state index in [4.69, 9.17) is 5.73 Å². The maximum absolute atomic E-state index is 14.1. The van der Waals surface area contributed by atoms with E-state index in [1.807, 2.05) is 30.3 Å². The fourth-order valence-electron chi connectivity index (χ4n) is 4.79. The highest BCUT2D eigenvalue weighted by Gasteiger charge is 2.53. The first-order valence-electron chi connectivity index (χ1n) is 9.65. The Labute approximate surface area is 171 Å². The number of aliphatic hydroxyl groups excluding tert-OH is 1. The average molecular weight is 405 g/mol. The lowest BCUT2D eigenvalue weighted by Gasteiger charge is -2.36. The van der Waals surface area contributed by atoms with Gasteiger partial charge in [-0.3, -0.25) is 4.79 Å². The SMILES string of the molecule is Cl.NC[C@@H](O)[C@H](c1ccccc1)N1C(=O)C2(CCCCC2)c2cc(F)ccc21. The topological polar surface area (TPSA) is 66.6 Å². The van der Waals surface area contributed by atoms with Crippen LogP contribution >= 0.6 is 12.4 Å². The molecule has 1 heterocycles. The van der Waals surface area contributed by atoms with Crippen LogP contribution < -0.4 is 10.6 Å². The van der Waals surface area contributed by atoms with Crippen molar-refractivity contribution in [3.8, 4) is 0 Å². The number of carbonyl (C=O) groups excluding carboxylic acids is 1. The monoisotopic (exact) mass is 404 g/mol. The van der Waals surface area contributed by atoms with Gasteiger partial charge in [-0.25, -0.2) is 4.39 Å². The van der Waals surface area contributed by atoms with Gasteiger partial charge in [-0.1, -0.05) is 49.6 Å². The minimum absolute atomic E-state index is 0. The maximum atomic E-state index is 14.1. The maximum Gasteiger partial charge on any atom is 0.238 e. The van der Waals surface area contributed by atoms with Crippen molar-refractivity contribution in [1.29, 1.82) is 0 Å². The average Bonchev–Trinajstić information content (AvgIpc) is 2.92. The summed E-state index contributed by atoms with van der Waals surface area (Å²) in [4.78, 5) is 15.4. The molecule has 0 aromatic heterocycles. The van der Waals surface area contributed by atoms with Crippen molar-refractivity contribution in [2.75, 3.05) is 11.4 Å². The van der Waals surface area contributed by atoms with E-state index in [1.54, 1.807) is 11.0 Å². The first-order chi connectivity index (χ1) is 13.1. The van der Waals surface area contributed by atoms with Gasteiger partial charge in [-0.05, 0) is 42.2 Å². The third kappa shape index (κ3) is 3.21. The lowest BCUT2D eigenvalue weighted by molar-refractivity contribution is -0.125. The second-order valence-corrected chi connectivity index (χ2v) is 7.64. The molecule has 150 valence electrons. The lowest BCUT2D eigenvalue weighted by Crippen LogP contribution is -2.47. The highest BCUT2D eigenvalue weighted by Crippen LogP contribution is 2.52. The van der Waals surface area contributed by atoms with E-state index in [9.17, 15) is 14.3 Å². The molecule has 4 rings (SSSR count). The molecule has 1 fully saturated rings. The number of hydrogen-bond donors (Lipinski definition) is 2. The first-order valence-corrected chi connectivity index (χ1v) is 9.65. The van der Waals surface area contributed by atoms with Gasteiger partial charge in [-0.2, -0.15) is 0 Å². The number of nitrogens with zero attached hydrogens (tertiary/aromatic N) is 1. The summed E-state index contributed by atoms with van der Waals surface area (Å²) in [6.45, 7) is 0.0346. The third-order valence-electron chi connectivity index (χ3n) is 6.09. The number of halogens is 2. The molecule has 2 aromatic rings. The molecule has 1 amide bonds. The van der Waals surface area contributed by atoms with Crippen molar-refractivity contribution >= 4 is 24.0 Å². The van der Waals surface area contributed by atoms with Crippen molar-refractivity contribution in [2.45, 2.75) is 49.7 Å². The molecule has 4 nitrogen and oxygen atoms in total. The first kappa shape index (κ1) is 20.8. The molecule has 1 saturated carbocycles. The Morgan fingerprint density at radius 2 is 1.79 bits per heavy atom. The summed E-state index contributed by atoms with van der Waals surface area (Å²) in [6.07, 6.45) is 3.52. The third-order valence-corrected chi connectivity index (χ3v) is 6.09. The van der Waals surface area contributed by atoms with Crippen LogP contribution in [0.2, 0.25) is 0 Å². The summed E-state index contributed by atoms with van der Waals surface area (Å²) < 4.78 is 14.1. The second kappa shape index (κ2) is 8.19. The normalized spacial score (nSPS) is 19.8. The zero-order valence-electron chi connectivity index (χ0n) is 15.7. The van der Waals surface area contributed by atoms with E-state index in [-0.39, 0.29) is 30.7 Å². The second-order valence-electron chi connectivity index (χ2n) is 7.64. The number of anilines is 1. The van der Waals surface area contributed by atoms with Crippen molar-refractivity contribution in [3.63, 3.8) is 0 Å². The van der Waals surface area contributed by atoms with Crippen molar-refractivity contribution in [3.05, 3.63) is 65.5 Å². The van der Waals surface area contributed by atoms with Crippen molar-refractivity contribution in [2.24, 2.45) is 5.73 Å². The summed E-state index contributed by atoms with van der Waals surface area (Å²) >= 11 is 0. The van der Waals surface area contributed by atoms with E-state index in [1.165, 1.54) is 12.1 Å². The van der Waals surface area contributed by atoms with Crippen LogP contribution in [0, 0.1) is 5.82 Å². The molecule has 1 spiro atoms. The predicted octanol–water partition coefficient (Wildman–Crippen LogP) is 3.86. The van der Waals surface area contributed by atoms with Gasteiger partial charge in [-0.15, -0.1) is 12.4 Å². The van der Waals surface area contributed by atoms with E-state index in [0.29, 0.717) is 5.69 Å². The number of rotatable bonds is 4.